The van der Waals surface area contributed by atoms with Gasteiger partial charge in [-0.05, 0) is 5.56 Å². The van der Waals surface area contributed by atoms with Crippen molar-refractivity contribution in [3.05, 3.63) is 35.9 Å². The number of imide groups is 1. The van der Waals surface area contributed by atoms with Gasteiger partial charge in [-0.1, -0.05) is 54.3 Å². The molecular weight excluding hydrogens is 308 g/mol. The lowest BCUT2D eigenvalue weighted by atomic mass is 10.2. The molecular formula is C13H16N4O2S2. The number of amides is 3. The number of nitrogens with one attached hydrogen (secondary N) is 1. The first-order valence-corrected chi connectivity index (χ1v) is 7.71. The molecule has 0 saturated carbocycles. The molecule has 1 aromatic rings. The molecule has 6 nitrogen and oxygen atoms in total. The first kappa shape index (κ1) is 15.7. The Hall–Kier alpha value is -1.64. The van der Waals surface area contributed by atoms with Crippen LogP contribution in [0.1, 0.15) is 5.56 Å². The summed E-state index contributed by atoms with van der Waals surface area (Å²) in [7, 11) is 0. The Bertz CT molecular complexity index is 538. The summed E-state index contributed by atoms with van der Waals surface area (Å²) in [6.45, 7) is 1.36. The van der Waals surface area contributed by atoms with Gasteiger partial charge in [-0.25, -0.2) is 4.79 Å². The molecule has 3 amide bonds. The number of carbonyl (C=O) groups excluding carboxylic acids is 2. The summed E-state index contributed by atoms with van der Waals surface area (Å²) in [5.74, 6) is 0.214. The normalized spacial score (nSPS) is 15.8. The summed E-state index contributed by atoms with van der Waals surface area (Å²) in [5, 5.41) is 2.06. The maximum Gasteiger partial charge on any atom is 0.318 e. The molecule has 0 unspecified atom stereocenters. The largest absolute Gasteiger partial charge is 0.351 e. The SMILES string of the molecule is NC(=O)NC(=O)CN1CSC(=S)N(Cc2ccccc2)C1. The van der Waals surface area contributed by atoms with Crippen LogP contribution in [-0.2, 0) is 11.3 Å². The van der Waals surface area contributed by atoms with Gasteiger partial charge in [0.15, 0.2) is 0 Å². The third-order valence-electron chi connectivity index (χ3n) is 2.85. The third-order valence-corrected chi connectivity index (χ3v) is 4.46. The van der Waals surface area contributed by atoms with Crippen molar-refractivity contribution in [2.75, 3.05) is 19.1 Å². The van der Waals surface area contributed by atoms with E-state index in [2.05, 4.69) is 5.32 Å². The van der Waals surface area contributed by atoms with Crippen LogP contribution in [0.3, 0.4) is 0 Å². The Kier molecular flexibility index (Phi) is 5.54. The van der Waals surface area contributed by atoms with Crippen molar-refractivity contribution in [1.82, 2.24) is 15.1 Å². The van der Waals surface area contributed by atoms with Crippen molar-refractivity contribution in [2.45, 2.75) is 6.54 Å². The summed E-state index contributed by atoms with van der Waals surface area (Å²) in [6, 6.07) is 9.16. The number of thiocarbonyl (C=S) groups is 1. The van der Waals surface area contributed by atoms with E-state index >= 15 is 0 Å². The minimum Gasteiger partial charge on any atom is -0.351 e. The zero-order valence-electron chi connectivity index (χ0n) is 11.3. The minimum absolute atomic E-state index is 0.115. The van der Waals surface area contributed by atoms with Crippen molar-refractivity contribution in [3.63, 3.8) is 0 Å². The van der Waals surface area contributed by atoms with Crippen LogP contribution in [-0.4, -0.2) is 45.1 Å². The van der Waals surface area contributed by atoms with Crippen LogP contribution in [0, 0.1) is 0 Å². The second-order valence-electron chi connectivity index (χ2n) is 4.61. The van der Waals surface area contributed by atoms with E-state index in [1.54, 1.807) is 0 Å². The predicted octanol–water partition coefficient (Wildman–Crippen LogP) is 0.932. The van der Waals surface area contributed by atoms with Crippen LogP contribution < -0.4 is 11.1 Å². The quantitative estimate of drug-likeness (QED) is 0.802. The van der Waals surface area contributed by atoms with Gasteiger partial charge >= 0.3 is 6.03 Å². The highest BCUT2D eigenvalue weighted by atomic mass is 32.2. The van der Waals surface area contributed by atoms with E-state index in [0.717, 1.165) is 9.88 Å². The van der Waals surface area contributed by atoms with E-state index in [9.17, 15) is 9.59 Å². The van der Waals surface area contributed by atoms with Crippen molar-refractivity contribution in [2.24, 2.45) is 5.73 Å². The van der Waals surface area contributed by atoms with Crippen LogP contribution in [0.2, 0.25) is 0 Å². The second-order valence-corrected chi connectivity index (χ2v) is 6.18. The highest BCUT2D eigenvalue weighted by molar-refractivity contribution is 8.22. The number of urea groups is 1. The molecule has 0 spiro atoms. The second kappa shape index (κ2) is 7.39. The number of benzene rings is 1. The monoisotopic (exact) mass is 324 g/mol. The Morgan fingerprint density at radius 1 is 1.33 bits per heavy atom. The molecule has 1 heterocycles. The summed E-state index contributed by atoms with van der Waals surface area (Å²) >= 11 is 6.85. The van der Waals surface area contributed by atoms with Crippen molar-refractivity contribution in [3.8, 4) is 0 Å². The molecule has 2 rings (SSSR count). The van der Waals surface area contributed by atoms with Gasteiger partial charge < -0.3 is 10.6 Å². The molecule has 0 atom stereocenters. The van der Waals surface area contributed by atoms with Gasteiger partial charge in [0.1, 0.15) is 4.32 Å². The highest BCUT2D eigenvalue weighted by Gasteiger charge is 2.23. The zero-order valence-corrected chi connectivity index (χ0v) is 13.0. The molecule has 21 heavy (non-hydrogen) atoms. The van der Waals surface area contributed by atoms with Crippen molar-refractivity contribution in [1.29, 1.82) is 0 Å². The van der Waals surface area contributed by atoms with Crippen LogP contribution in [0.4, 0.5) is 4.79 Å². The number of nitrogens with zero attached hydrogens (tertiary/aromatic N) is 2. The van der Waals surface area contributed by atoms with E-state index in [4.69, 9.17) is 18.0 Å². The van der Waals surface area contributed by atoms with E-state index in [1.165, 1.54) is 11.8 Å². The third kappa shape index (κ3) is 5.00. The van der Waals surface area contributed by atoms with Crippen LogP contribution in [0.15, 0.2) is 30.3 Å². The van der Waals surface area contributed by atoms with Gasteiger partial charge in [-0.3, -0.25) is 15.0 Å². The lowest BCUT2D eigenvalue weighted by Gasteiger charge is -2.36. The van der Waals surface area contributed by atoms with Gasteiger partial charge in [-0.15, -0.1) is 0 Å². The highest BCUT2D eigenvalue weighted by Crippen LogP contribution is 2.20. The maximum atomic E-state index is 11.6. The number of primary amides is 1. The van der Waals surface area contributed by atoms with Gasteiger partial charge in [0.05, 0.1) is 19.1 Å². The smallest absolute Gasteiger partial charge is 0.318 e. The lowest BCUT2D eigenvalue weighted by molar-refractivity contribution is -0.121. The van der Waals surface area contributed by atoms with E-state index in [1.807, 2.05) is 40.1 Å². The van der Waals surface area contributed by atoms with E-state index in [0.29, 0.717) is 19.1 Å². The fraction of sp³-hybridized carbons (Fsp3) is 0.308. The average molecular weight is 324 g/mol. The molecule has 112 valence electrons. The van der Waals surface area contributed by atoms with Crippen LogP contribution in [0.25, 0.3) is 0 Å². The van der Waals surface area contributed by atoms with Crippen molar-refractivity contribution < 1.29 is 9.59 Å². The Morgan fingerprint density at radius 2 is 2.05 bits per heavy atom. The fourth-order valence-corrected chi connectivity index (χ4v) is 3.02. The van der Waals surface area contributed by atoms with Gasteiger partial charge in [0.2, 0.25) is 5.91 Å². The zero-order chi connectivity index (χ0) is 15.2. The molecule has 1 aliphatic rings. The number of thioether (sulfide) groups is 1. The molecule has 0 bridgehead atoms. The number of hydrogen-bond donors (Lipinski definition) is 2. The number of carbonyl (C=O) groups is 2. The standard InChI is InChI=1S/C13H16N4O2S2/c14-12(19)15-11(18)7-16-8-17(13(20)21-9-16)6-10-4-2-1-3-5-10/h1-5H,6-9H2,(H3,14,15,18,19). The Morgan fingerprint density at radius 3 is 2.71 bits per heavy atom. The molecule has 1 fully saturated rings. The average Bonchev–Trinajstić information content (AvgIpc) is 2.43. The maximum absolute atomic E-state index is 11.6. The van der Waals surface area contributed by atoms with E-state index in [-0.39, 0.29) is 6.54 Å². The topological polar surface area (TPSA) is 78.7 Å². The summed E-state index contributed by atoms with van der Waals surface area (Å²) in [6.07, 6.45) is 0. The molecule has 1 aromatic carbocycles. The predicted molar refractivity (Wildman–Crippen MR) is 86.3 cm³/mol. The fourth-order valence-electron chi connectivity index (χ4n) is 1.97. The number of nitrogens with two attached hydrogens (primary N) is 1. The summed E-state index contributed by atoms with van der Waals surface area (Å²) in [5.41, 5.74) is 6.08. The molecule has 8 heteroatoms. The van der Waals surface area contributed by atoms with Crippen LogP contribution >= 0.6 is 24.0 Å². The first-order chi connectivity index (χ1) is 10.0. The van der Waals surface area contributed by atoms with E-state index < -0.39 is 11.9 Å². The first-order valence-electron chi connectivity index (χ1n) is 6.32. The van der Waals surface area contributed by atoms with Gasteiger partial charge in [0, 0.05) is 6.54 Å². The van der Waals surface area contributed by atoms with Gasteiger partial charge in [0.25, 0.3) is 0 Å². The van der Waals surface area contributed by atoms with Crippen LogP contribution in [0.5, 0.6) is 0 Å². The molecule has 0 aromatic heterocycles. The van der Waals surface area contributed by atoms with Gasteiger partial charge in [-0.2, -0.15) is 0 Å². The number of hydrogen-bond acceptors (Lipinski definition) is 5. The molecule has 1 saturated heterocycles. The minimum atomic E-state index is -0.832. The Labute approximate surface area is 132 Å². The summed E-state index contributed by atoms with van der Waals surface area (Å²) in [4.78, 5) is 26.1. The molecule has 0 radical (unpaired) electrons. The molecule has 3 N–H and O–H groups in total. The van der Waals surface area contributed by atoms with Crippen molar-refractivity contribution >= 4 is 40.2 Å². The Balaban J connectivity index is 1.91. The lowest BCUT2D eigenvalue weighted by Crippen LogP contribution is -2.49. The molecule has 1 aliphatic heterocycles. The number of rotatable bonds is 4. The summed E-state index contributed by atoms with van der Waals surface area (Å²) < 4.78 is 0.811. The molecule has 0 aliphatic carbocycles.